The zero-order valence-electron chi connectivity index (χ0n) is 6.73. The van der Waals surface area contributed by atoms with Crippen molar-refractivity contribution in [2.45, 2.75) is 0 Å². The lowest BCUT2D eigenvalue weighted by Gasteiger charge is -1.97. The van der Waals surface area contributed by atoms with Crippen molar-refractivity contribution in [1.29, 1.82) is 0 Å². The summed E-state index contributed by atoms with van der Waals surface area (Å²) in [7, 11) is 0. The Morgan fingerprint density at radius 2 is 2.36 bits per heavy atom. The molecular formula is C7H4BrN3OS2. The Morgan fingerprint density at radius 1 is 1.50 bits per heavy atom. The number of aromatic nitrogens is 2. The van der Waals surface area contributed by atoms with Crippen molar-refractivity contribution in [2.75, 3.05) is 5.32 Å². The molecule has 4 nitrogen and oxygen atoms in total. The Bertz CT molecular complexity index is 439. The van der Waals surface area contributed by atoms with Gasteiger partial charge in [0.05, 0.1) is 9.35 Å². The van der Waals surface area contributed by atoms with Gasteiger partial charge in [0.25, 0.3) is 5.91 Å². The third kappa shape index (κ3) is 1.99. The number of amides is 1. The maximum absolute atomic E-state index is 11.6. The Kier molecular flexibility index (Phi) is 2.90. The number of halogens is 1. The molecule has 0 saturated heterocycles. The lowest BCUT2D eigenvalue weighted by atomic mass is 10.3. The molecule has 0 spiro atoms. The zero-order valence-corrected chi connectivity index (χ0v) is 9.95. The molecule has 0 aliphatic rings. The highest BCUT2D eigenvalue weighted by atomic mass is 79.9. The fraction of sp³-hybridized carbons (Fsp3) is 0. The molecule has 0 unspecified atom stereocenters. The van der Waals surface area contributed by atoms with Gasteiger partial charge in [0.2, 0.25) is 5.13 Å². The van der Waals surface area contributed by atoms with Gasteiger partial charge in [-0.15, -0.1) is 21.5 Å². The van der Waals surface area contributed by atoms with Crippen LogP contribution in [0.2, 0.25) is 0 Å². The fourth-order valence-electron chi connectivity index (χ4n) is 0.848. The maximum atomic E-state index is 11.6. The van der Waals surface area contributed by atoms with Gasteiger partial charge in [0.1, 0.15) is 5.51 Å². The number of rotatable bonds is 2. The number of thiophene rings is 1. The normalized spacial score (nSPS) is 10.1. The average Bonchev–Trinajstić information content (AvgIpc) is 2.75. The van der Waals surface area contributed by atoms with Gasteiger partial charge in [-0.3, -0.25) is 10.1 Å². The van der Waals surface area contributed by atoms with Crippen molar-refractivity contribution < 1.29 is 4.79 Å². The molecule has 0 fully saturated rings. The Labute approximate surface area is 96.1 Å². The molecule has 0 aromatic carbocycles. The topological polar surface area (TPSA) is 54.9 Å². The van der Waals surface area contributed by atoms with Crippen molar-refractivity contribution in [3.8, 4) is 0 Å². The first-order chi connectivity index (χ1) is 6.77. The van der Waals surface area contributed by atoms with E-state index in [9.17, 15) is 4.79 Å². The predicted molar refractivity (Wildman–Crippen MR) is 59.9 cm³/mol. The molecule has 0 atom stereocenters. The average molecular weight is 290 g/mol. The van der Waals surface area contributed by atoms with Crippen molar-refractivity contribution in [2.24, 2.45) is 0 Å². The summed E-state index contributed by atoms with van der Waals surface area (Å²) in [5.41, 5.74) is 2.18. The first kappa shape index (κ1) is 9.75. The summed E-state index contributed by atoms with van der Waals surface area (Å²) in [5.74, 6) is -0.171. The van der Waals surface area contributed by atoms with E-state index in [0.717, 1.165) is 3.79 Å². The van der Waals surface area contributed by atoms with Crippen LogP contribution in [0.1, 0.15) is 10.4 Å². The van der Waals surface area contributed by atoms with Crippen LogP contribution in [-0.4, -0.2) is 16.1 Å². The van der Waals surface area contributed by atoms with Gasteiger partial charge in [-0.2, -0.15) is 0 Å². The largest absolute Gasteiger partial charge is 0.296 e. The van der Waals surface area contributed by atoms with Crippen LogP contribution in [0.4, 0.5) is 5.13 Å². The highest BCUT2D eigenvalue weighted by Crippen LogP contribution is 2.24. The summed E-state index contributed by atoms with van der Waals surface area (Å²) in [6.07, 6.45) is 0. The molecule has 0 aliphatic carbocycles. The number of carbonyl (C=O) groups is 1. The van der Waals surface area contributed by atoms with Crippen molar-refractivity contribution in [3.63, 3.8) is 0 Å². The molecule has 2 aromatic heterocycles. The second-order valence-corrected chi connectivity index (χ2v) is 5.37. The van der Waals surface area contributed by atoms with Crippen molar-refractivity contribution in [1.82, 2.24) is 10.2 Å². The molecule has 0 aliphatic heterocycles. The number of hydrogen-bond acceptors (Lipinski definition) is 5. The number of anilines is 1. The second kappa shape index (κ2) is 4.16. The Hall–Kier alpha value is -0.790. The zero-order chi connectivity index (χ0) is 9.97. The molecule has 0 saturated carbocycles. The van der Waals surface area contributed by atoms with Gasteiger partial charge in [-0.25, -0.2) is 0 Å². The van der Waals surface area contributed by atoms with Gasteiger partial charge < -0.3 is 0 Å². The van der Waals surface area contributed by atoms with Crippen LogP contribution in [-0.2, 0) is 0 Å². The SMILES string of the molecule is O=C(Nc1nncs1)c1ccsc1Br. The third-order valence-corrected chi connectivity index (χ3v) is 3.74. The van der Waals surface area contributed by atoms with Gasteiger partial charge in [-0.1, -0.05) is 11.3 Å². The monoisotopic (exact) mass is 289 g/mol. The Balaban J connectivity index is 2.14. The molecule has 2 aromatic rings. The molecule has 7 heteroatoms. The molecule has 1 amide bonds. The van der Waals surface area contributed by atoms with E-state index in [4.69, 9.17) is 0 Å². The molecule has 0 bridgehead atoms. The number of nitrogens with one attached hydrogen (secondary N) is 1. The molecule has 72 valence electrons. The smallest absolute Gasteiger partial charge is 0.259 e. The van der Waals surface area contributed by atoms with E-state index in [-0.39, 0.29) is 5.91 Å². The van der Waals surface area contributed by atoms with Crippen LogP contribution in [0.25, 0.3) is 0 Å². The third-order valence-electron chi connectivity index (χ3n) is 1.44. The van der Waals surface area contributed by atoms with E-state index in [1.165, 1.54) is 22.7 Å². The van der Waals surface area contributed by atoms with Crippen molar-refractivity contribution in [3.05, 3.63) is 26.3 Å². The second-order valence-electron chi connectivity index (χ2n) is 2.31. The number of hydrogen-bond donors (Lipinski definition) is 1. The summed E-state index contributed by atoms with van der Waals surface area (Å²) in [6, 6.07) is 1.76. The highest BCUT2D eigenvalue weighted by Gasteiger charge is 2.12. The highest BCUT2D eigenvalue weighted by molar-refractivity contribution is 9.11. The van der Waals surface area contributed by atoms with Gasteiger partial charge in [0, 0.05) is 0 Å². The lowest BCUT2D eigenvalue weighted by molar-refractivity contribution is 0.102. The van der Waals surface area contributed by atoms with E-state index < -0.39 is 0 Å². The molecule has 0 radical (unpaired) electrons. The van der Waals surface area contributed by atoms with E-state index >= 15 is 0 Å². The molecule has 2 heterocycles. The summed E-state index contributed by atoms with van der Waals surface area (Å²) >= 11 is 6.05. The minimum absolute atomic E-state index is 0.171. The van der Waals surface area contributed by atoms with E-state index in [2.05, 4.69) is 31.4 Å². The summed E-state index contributed by atoms with van der Waals surface area (Å²) in [5, 5.41) is 12.3. The lowest BCUT2D eigenvalue weighted by Crippen LogP contribution is -2.11. The first-order valence-electron chi connectivity index (χ1n) is 3.58. The summed E-state index contributed by atoms with van der Waals surface area (Å²) in [6.45, 7) is 0. The number of nitrogens with zero attached hydrogens (tertiary/aromatic N) is 2. The number of carbonyl (C=O) groups excluding carboxylic acids is 1. The van der Waals surface area contributed by atoms with E-state index in [0.29, 0.717) is 10.7 Å². The first-order valence-corrected chi connectivity index (χ1v) is 6.13. The molecule has 14 heavy (non-hydrogen) atoms. The van der Waals surface area contributed by atoms with Crippen LogP contribution in [0.5, 0.6) is 0 Å². The van der Waals surface area contributed by atoms with Crippen LogP contribution in [0.15, 0.2) is 20.7 Å². The summed E-state index contributed by atoms with van der Waals surface area (Å²) < 4.78 is 0.819. The van der Waals surface area contributed by atoms with Gasteiger partial charge >= 0.3 is 0 Å². The quantitative estimate of drug-likeness (QED) is 0.925. The molecule has 2 rings (SSSR count). The predicted octanol–water partition coefficient (Wildman–Crippen LogP) is 2.61. The minimum atomic E-state index is -0.171. The van der Waals surface area contributed by atoms with E-state index in [1.807, 2.05) is 5.38 Å². The van der Waals surface area contributed by atoms with Gasteiger partial charge in [-0.05, 0) is 27.4 Å². The van der Waals surface area contributed by atoms with Crippen molar-refractivity contribution >= 4 is 49.6 Å². The van der Waals surface area contributed by atoms with Gasteiger partial charge in [0.15, 0.2) is 0 Å². The van der Waals surface area contributed by atoms with Crippen LogP contribution in [0, 0.1) is 0 Å². The van der Waals surface area contributed by atoms with Crippen LogP contribution >= 0.6 is 38.6 Å². The summed E-state index contributed by atoms with van der Waals surface area (Å²) in [4.78, 5) is 11.6. The van der Waals surface area contributed by atoms with Crippen LogP contribution in [0.3, 0.4) is 0 Å². The molecular weight excluding hydrogens is 286 g/mol. The minimum Gasteiger partial charge on any atom is -0.296 e. The maximum Gasteiger partial charge on any atom is 0.259 e. The molecule has 1 N–H and O–H groups in total. The van der Waals surface area contributed by atoms with Crippen LogP contribution < -0.4 is 5.32 Å². The van der Waals surface area contributed by atoms with E-state index in [1.54, 1.807) is 11.6 Å². The fourth-order valence-corrected chi connectivity index (χ4v) is 2.54. The standard InChI is InChI=1S/C7H4BrN3OS2/c8-5-4(1-2-13-5)6(12)10-7-11-9-3-14-7/h1-3H,(H,10,11,12). The Morgan fingerprint density at radius 3 is 2.93 bits per heavy atom.